The van der Waals surface area contributed by atoms with Crippen molar-refractivity contribution in [2.75, 3.05) is 0 Å². The lowest BCUT2D eigenvalue weighted by Crippen LogP contribution is -2.38. The van der Waals surface area contributed by atoms with Crippen LogP contribution in [0, 0.1) is 6.92 Å². The zero-order valence-electron chi connectivity index (χ0n) is 15.7. The maximum atomic E-state index is 13.0. The topological polar surface area (TPSA) is 55.1 Å². The zero-order valence-corrected chi connectivity index (χ0v) is 15.7. The predicted molar refractivity (Wildman–Crippen MR) is 105 cm³/mol. The molecule has 4 heteroatoms. The van der Waals surface area contributed by atoms with E-state index in [9.17, 15) is 4.79 Å². The van der Waals surface area contributed by atoms with Crippen molar-refractivity contribution in [3.63, 3.8) is 0 Å². The molecule has 1 heterocycles. The van der Waals surface area contributed by atoms with Gasteiger partial charge in [-0.05, 0) is 37.8 Å². The van der Waals surface area contributed by atoms with Crippen molar-refractivity contribution in [2.24, 2.45) is 0 Å². The number of benzene rings is 2. The predicted octanol–water partition coefficient (Wildman–Crippen LogP) is 4.81. The van der Waals surface area contributed by atoms with Gasteiger partial charge in [-0.25, -0.2) is 0 Å². The van der Waals surface area contributed by atoms with E-state index in [0.29, 0.717) is 17.2 Å². The maximum Gasteiger partial charge on any atom is 0.257 e. The number of aryl methyl sites for hydroxylation is 1. The number of hydrogen-bond acceptors (Lipinski definition) is 3. The Morgan fingerprint density at radius 1 is 1.04 bits per heavy atom. The minimum atomic E-state index is -0.0972. The average molecular weight is 360 g/mol. The normalized spacial score (nSPS) is 14.9. The van der Waals surface area contributed by atoms with Gasteiger partial charge in [0.25, 0.3) is 5.91 Å². The lowest BCUT2D eigenvalue weighted by molar-refractivity contribution is 0.0934. The Labute approximate surface area is 159 Å². The van der Waals surface area contributed by atoms with Crippen LogP contribution in [-0.2, 0) is 0 Å². The van der Waals surface area contributed by atoms with Gasteiger partial charge in [0.1, 0.15) is 11.3 Å². The minimum absolute atomic E-state index is 0.0703. The molecule has 1 saturated carbocycles. The molecule has 0 spiro atoms. The summed E-state index contributed by atoms with van der Waals surface area (Å²) >= 11 is 0. The lowest BCUT2D eigenvalue weighted by Gasteiger charge is -2.26. The summed E-state index contributed by atoms with van der Waals surface area (Å²) in [7, 11) is 0. The van der Waals surface area contributed by atoms with Crippen molar-refractivity contribution in [3.05, 3.63) is 88.8 Å². The van der Waals surface area contributed by atoms with Crippen molar-refractivity contribution in [1.82, 2.24) is 10.5 Å². The summed E-state index contributed by atoms with van der Waals surface area (Å²) in [4.78, 5) is 13.0. The number of carbonyl (C=O) groups is 1. The van der Waals surface area contributed by atoms with Crippen LogP contribution in [0.25, 0.3) is 0 Å². The highest BCUT2D eigenvalue weighted by atomic mass is 16.5. The number of aromatic nitrogens is 1. The van der Waals surface area contributed by atoms with Crippen LogP contribution in [-0.4, -0.2) is 17.1 Å². The van der Waals surface area contributed by atoms with Gasteiger partial charge in [-0.15, -0.1) is 0 Å². The number of hydrogen-bond donors (Lipinski definition) is 1. The van der Waals surface area contributed by atoms with Gasteiger partial charge >= 0.3 is 0 Å². The molecular weight excluding hydrogens is 336 g/mol. The van der Waals surface area contributed by atoms with Crippen molar-refractivity contribution in [2.45, 2.75) is 44.6 Å². The van der Waals surface area contributed by atoms with E-state index in [4.69, 9.17) is 4.52 Å². The molecule has 0 saturated heterocycles. The fraction of sp³-hybridized carbons (Fsp3) is 0.304. The van der Waals surface area contributed by atoms with Crippen molar-refractivity contribution >= 4 is 5.91 Å². The third-order valence-electron chi connectivity index (χ3n) is 5.26. The molecule has 0 bridgehead atoms. The molecule has 0 aliphatic heterocycles. The summed E-state index contributed by atoms with van der Waals surface area (Å²) in [5.41, 5.74) is 3.79. The summed E-state index contributed by atoms with van der Waals surface area (Å²) in [5, 5.41) is 7.34. The highest BCUT2D eigenvalue weighted by molar-refractivity contribution is 5.96. The Hall–Kier alpha value is -2.88. The van der Waals surface area contributed by atoms with Crippen LogP contribution in [0.15, 0.2) is 65.2 Å². The molecule has 1 aliphatic carbocycles. The third kappa shape index (κ3) is 3.65. The molecule has 3 aromatic rings. The van der Waals surface area contributed by atoms with E-state index in [2.05, 4.69) is 41.7 Å². The minimum Gasteiger partial charge on any atom is -0.361 e. The second kappa shape index (κ2) is 7.39. The van der Waals surface area contributed by atoms with Gasteiger partial charge in [-0.1, -0.05) is 65.8 Å². The van der Waals surface area contributed by atoms with Crippen LogP contribution < -0.4 is 5.32 Å². The first kappa shape index (κ1) is 17.5. The molecule has 1 N–H and O–H groups in total. The number of nitrogens with zero attached hydrogens (tertiary/aromatic N) is 1. The third-order valence-corrected chi connectivity index (χ3v) is 5.26. The fourth-order valence-corrected chi connectivity index (χ4v) is 3.75. The fourth-order valence-electron chi connectivity index (χ4n) is 3.75. The quantitative estimate of drug-likeness (QED) is 0.686. The summed E-state index contributed by atoms with van der Waals surface area (Å²) in [6.45, 7) is 3.87. The number of carbonyl (C=O) groups excluding carboxylic acids is 1. The SMILES string of the molecule is Cc1onc(C2CC2)c1C(=O)NC(C)C(c1ccccc1)c1ccccc1. The second-order valence-corrected chi connectivity index (χ2v) is 7.33. The van der Waals surface area contributed by atoms with Crippen molar-refractivity contribution in [3.8, 4) is 0 Å². The van der Waals surface area contributed by atoms with Crippen LogP contribution in [0.4, 0.5) is 0 Å². The first-order chi connectivity index (χ1) is 13.1. The van der Waals surface area contributed by atoms with Crippen molar-refractivity contribution in [1.29, 1.82) is 0 Å². The highest BCUT2D eigenvalue weighted by Gasteiger charge is 2.34. The van der Waals surface area contributed by atoms with E-state index in [1.54, 1.807) is 0 Å². The molecule has 4 nitrogen and oxygen atoms in total. The highest BCUT2D eigenvalue weighted by Crippen LogP contribution is 2.41. The summed E-state index contributed by atoms with van der Waals surface area (Å²) in [5.74, 6) is 0.941. The van der Waals surface area contributed by atoms with Crippen LogP contribution in [0.1, 0.15) is 64.5 Å². The summed E-state index contributed by atoms with van der Waals surface area (Å²) < 4.78 is 5.32. The van der Waals surface area contributed by atoms with E-state index >= 15 is 0 Å². The van der Waals surface area contributed by atoms with Crippen molar-refractivity contribution < 1.29 is 9.32 Å². The molecule has 4 rings (SSSR count). The maximum absolute atomic E-state index is 13.0. The summed E-state index contributed by atoms with van der Waals surface area (Å²) in [6.07, 6.45) is 2.16. The Kier molecular flexibility index (Phi) is 4.80. The molecule has 1 fully saturated rings. The molecule has 138 valence electrons. The van der Waals surface area contributed by atoms with E-state index in [1.807, 2.05) is 43.3 Å². The molecule has 1 atom stereocenters. The zero-order chi connectivity index (χ0) is 18.8. The molecular formula is C23H24N2O2. The van der Waals surface area contributed by atoms with Crippen LogP contribution in [0.5, 0.6) is 0 Å². The molecule has 27 heavy (non-hydrogen) atoms. The van der Waals surface area contributed by atoms with Crippen LogP contribution >= 0.6 is 0 Å². The largest absolute Gasteiger partial charge is 0.361 e. The smallest absolute Gasteiger partial charge is 0.257 e. The van der Waals surface area contributed by atoms with E-state index in [0.717, 1.165) is 18.5 Å². The van der Waals surface area contributed by atoms with Gasteiger partial charge in [-0.3, -0.25) is 4.79 Å². The van der Waals surface area contributed by atoms with E-state index < -0.39 is 0 Å². The molecule has 1 amide bonds. The van der Waals surface area contributed by atoms with Gasteiger partial charge < -0.3 is 9.84 Å². The monoisotopic (exact) mass is 360 g/mol. The van der Waals surface area contributed by atoms with Gasteiger partial charge in [-0.2, -0.15) is 0 Å². The van der Waals surface area contributed by atoms with Gasteiger partial charge in [0, 0.05) is 17.9 Å². The summed E-state index contributed by atoms with van der Waals surface area (Å²) in [6, 6.07) is 20.5. The Morgan fingerprint density at radius 2 is 1.59 bits per heavy atom. The van der Waals surface area contributed by atoms with Crippen LogP contribution in [0.3, 0.4) is 0 Å². The Balaban J connectivity index is 1.62. The molecule has 1 unspecified atom stereocenters. The molecule has 1 aromatic heterocycles. The standard InChI is InChI=1S/C23H24N2O2/c1-15(24-23(26)21-16(2)27-25-22(21)19-13-14-19)20(17-9-5-3-6-10-17)18-11-7-4-8-12-18/h3-12,15,19-20H,13-14H2,1-2H3,(H,24,26). The first-order valence-electron chi connectivity index (χ1n) is 9.52. The Morgan fingerprint density at radius 3 is 2.11 bits per heavy atom. The molecule has 0 radical (unpaired) electrons. The van der Waals surface area contributed by atoms with Gasteiger partial charge in [0.2, 0.25) is 0 Å². The van der Waals surface area contributed by atoms with E-state index in [1.165, 1.54) is 11.1 Å². The van der Waals surface area contributed by atoms with E-state index in [-0.39, 0.29) is 17.9 Å². The number of amides is 1. The van der Waals surface area contributed by atoms with Crippen LogP contribution in [0.2, 0.25) is 0 Å². The Bertz CT molecular complexity index is 875. The lowest BCUT2D eigenvalue weighted by atomic mass is 9.85. The average Bonchev–Trinajstić information content (AvgIpc) is 3.45. The first-order valence-corrected chi connectivity index (χ1v) is 9.52. The van der Waals surface area contributed by atoms with Gasteiger partial charge in [0.15, 0.2) is 0 Å². The number of rotatable bonds is 6. The number of nitrogens with one attached hydrogen (secondary N) is 1. The molecule has 2 aromatic carbocycles. The second-order valence-electron chi connectivity index (χ2n) is 7.33. The van der Waals surface area contributed by atoms with Gasteiger partial charge in [0.05, 0.1) is 5.69 Å². The molecule has 1 aliphatic rings.